The Labute approximate surface area is 96.0 Å². The molecule has 0 unspecified atom stereocenters. The van der Waals surface area contributed by atoms with E-state index in [1.807, 2.05) is 18.7 Å². The van der Waals surface area contributed by atoms with Crippen LogP contribution in [0.25, 0.3) is 0 Å². The van der Waals surface area contributed by atoms with Gasteiger partial charge in [-0.15, -0.1) is 0 Å². The van der Waals surface area contributed by atoms with E-state index in [0.717, 1.165) is 19.4 Å². The van der Waals surface area contributed by atoms with Crippen LogP contribution < -0.4 is 0 Å². The highest BCUT2D eigenvalue weighted by Crippen LogP contribution is 2.28. The van der Waals surface area contributed by atoms with E-state index in [-0.39, 0.29) is 24.5 Å². The highest BCUT2D eigenvalue weighted by Gasteiger charge is 2.36. The van der Waals surface area contributed by atoms with Gasteiger partial charge < -0.3 is 14.9 Å². The molecule has 92 valence electrons. The van der Waals surface area contributed by atoms with Gasteiger partial charge in [-0.25, -0.2) is 4.79 Å². The van der Waals surface area contributed by atoms with Crippen molar-refractivity contribution in [2.24, 2.45) is 0 Å². The first-order valence-corrected chi connectivity index (χ1v) is 5.59. The van der Waals surface area contributed by atoms with Gasteiger partial charge in [0.25, 0.3) is 0 Å². The van der Waals surface area contributed by atoms with Crippen LogP contribution in [0.4, 0.5) is 4.79 Å². The van der Waals surface area contributed by atoms with Crippen molar-refractivity contribution in [2.45, 2.75) is 38.6 Å². The number of urea groups is 1. The minimum absolute atomic E-state index is 0.00346. The molecule has 5 nitrogen and oxygen atoms in total. The highest BCUT2D eigenvalue weighted by atomic mass is 16.4. The first-order chi connectivity index (χ1) is 7.34. The lowest BCUT2D eigenvalue weighted by Gasteiger charge is -2.34. The summed E-state index contributed by atoms with van der Waals surface area (Å²) in [7, 11) is 1.65. The van der Waals surface area contributed by atoms with Crippen molar-refractivity contribution in [1.29, 1.82) is 0 Å². The Kier molecular flexibility index (Phi) is 3.78. The highest BCUT2D eigenvalue weighted by molar-refractivity contribution is 5.76. The molecule has 0 aliphatic carbocycles. The number of carbonyl (C=O) groups excluding carboxylic acids is 1. The molecule has 0 bridgehead atoms. The molecule has 0 aromatic rings. The van der Waals surface area contributed by atoms with Crippen LogP contribution in [0.1, 0.15) is 33.1 Å². The molecule has 0 spiro atoms. The first kappa shape index (κ1) is 12.8. The number of hydrogen-bond donors (Lipinski definition) is 1. The Hall–Kier alpha value is -1.26. The molecule has 1 aliphatic heterocycles. The van der Waals surface area contributed by atoms with Crippen LogP contribution in [0, 0.1) is 0 Å². The third kappa shape index (κ3) is 2.87. The van der Waals surface area contributed by atoms with Gasteiger partial charge in [0, 0.05) is 25.7 Å². The van der Waals surface area contributed by atoms with E-state index in [9.17, 15) is 9.59 Å². The van der Waals surface area contributed by atoms with Gasteiger partial charge in [-0.05, 0) is 26.7 Å². The monoisotopic (exact) mass is 228 g/mol. The number of carbonyl (C=O) groups is 2. The molecule has 1 heterocycles. The van der Waals surface area contributed by atoms with Crippen molar-refractivity contribution in [1.82, 2.24) is 9.80 Å². The van der Waals surface area contributed by atoms with Crippen molar-refractivity contribution >= 4 is 12.0 Å². The molecule has 0 saturated carbocycles. The average Bonchev–Trinajstić information content (AvgIpc) is 2.53. The summed E-state index contributed by atoms with van der Waals surface area (Å²) in [5.74, 6) is -0.875. The SMILES string of the molecule is CN(CCC(=O)O)C(=O)N1CCCC1(C)C. The third-order valence-electron chi connectivity index (χ3n) is 3.12. The zero-order valence-corrected chi connectivity index (χ0v) is 10.2. The summed E-state index contributed by atoms with van der Waals surface area (Å²) < 4.78 is 0. The molecular weight excluding hydrogens is 208 g/mol. The predicted molar refractivity (Wildman–Crippen MR) is 60.3 cm³/mol. The molecular formula is C11H20N2O3. The van der Waals surface area contributed by atoms with E-state index in [2.05, 4.69) is 0 Å². The molecule has 16 heavy (non-hydrogen) atoms. The standard InChI is InChI=1S/C11H20N2O3/c1-11(2)6-4-7-13(11)10(16)12(3)8-5-9(14)15/h4-8H2,1-3H3,(H,14,15). The fraction of sp³-hybridized carbons (Fsp3) is 0.818. The van der Waals surface area contributed by atoms with Gasteiger partial charge >= 0.3 is 12.0 Å². The lowest BCUT2D eigenvalue weighted by atomic mass is 10.0. The number of carboxylic acid groups (broad SMARTS) is 1. The maximum absolute atomic E-state index is 12.0. The zero-order chi connectivity index (χ0) is 12.3. The van der Waals surface area contributed by atoms with Crippen LogP contribution in [-0.4, -0.2) is 52.6 Å². The normalized spacial score (nSPS) is 18.6. The summed E-state index contributed by atoms with van der Waals surface area (Å²) in [6.07, 6.45) is 2.02. The van der Waals surface area contributed by atoms with Crippen molar-refractivity contribution in [3.05, 3.63) is 0 Å². The third-order valence-corrected chi connectivity index (χ3v) is 3.12. The fourth-order valence-corrected chi connectivity index (χ4v) is 2.03. The molecule has 1 rings (SSSR count). The summed E-state index contributed by atoms with van der Waals surface area (Å²) in [5, 5.41) is 8.56. The van der Waals surface area contributed by atoms with Crippen LogP contribution in [0.15, 0.2) is 0 Å². The van der Waals surface area contributed by atoms with Crippen molar-refractivity contribution < 1.29 is 14.7 Å². The average molecular weight is 228 g/mol. The van der Waals surface area contributed by atoms with E-state index < -0.39 is 5.97 Å². The molecule has 5 heteroatoms. The lowest BCUT2D eigenvalue weighted by molar-refractivity contribution is -0.137. The van der Waals surface area contributed by atoms with Crippen molar-refractivity contribution in [2.75, 3.05) is 20.1 Å². The predicted octanol–water partition coefficient (Wildman–Crippen LogP) is 1.39. The van der Waals surface area contributed by atoms with Gasteiger partial charge in [-0.3, -0.25) is 4.79 Å². The fourth-order valence-electron chi connectivity index (χ4n) is 2.03. The van der Waals surface area contributed by atoms with Gasteiger partial charge in [0.15, 0.2) is 0 Å². The zero-order valence-electron chi connectivity index (χ0n) is 10.2. The van der Waals surface area contributed by atoms with Crippen LogP contribution in [0.2, 0.25) is 0 Å². The van der Waals surface area contributed by atoms with E-state index in [4.69, 9.17) is 5.11 Å². The van der Waals surface area contributed by atoms with Gasteiger partial charge in [0.2, 0.25) is 0 Å². The number of aliphatic carboxylic acids is 1. The molecule has 1 fully saturated rings. The summed E-state index contributed by atoms with van der Waals surface area (Å²) >= 11 is 0. The van der Waals surface area contributed by atoms with Gasteiger partial charge in [0.05, 0.1) is 6.42 Å². The summed E-state index contributed by atoms with van der Waals surface area (Å²) in [6.45, 7) is 5.12. The number of amides is 2. The molecule has 1 N–H and O–H groups in total. The molecule has 1 aliphatic rings. The Morgan fingerprint density at radius 3 is 2.50 bits per heavy atom. The van der Waals surface area contributed by atoms with E-state index in [1.54, 1.807) is 7.05 Å². The Balaban J connectivity index is 2.53. The minimum atomic E-state index is -0.875. The second-order valence-corrected chi connectivity index (χ2v) is 4.92. The molecule has 0 aromatic heterocycles. The first-order valence-electron chi connectivity index (χ1n) is 5.59. The van der Waals surface area contributed by atoms with E-state index in [0.29, 0.717) is 0 Å². The topological polar surface area (TPSA) is 60.9 Å². The Morgan fingerprint density at radius 2 is 2.06 bits per heavy atom. The van der Waals surface area contributed by atoms with Crippen LogP contribution in [0.3, 0.4) is 0 Å². The summed E-state index contributed by atoms with van der Waals surface area (Å²) in [6, 6.07) is -0.0660. The number of rotatable bonds is 3. The Bertz CT molecular complexity index is 289. The van der Waals surface area contributed by atoms with E-state index >= 15 is 0 Å². The molecule has 0 atom stereocenters. The molecule has 2 amide bonds. The van der Waals surface area contributed by atoms with Crippen LogP contribution in [0.5, 0.6) is 0 Å². The minimum Gasteiger partial charge on any atom is -0.481 e. The maximum atomic E-state index is 12.0. The number of carboxylic acids is 1. The maximum Gasteiger partial charge on any atom is 0.320 e. The van der Waals surface area contributed by atoms with Gasteiger partial charge in [-0.1, -0.05) is 0 Å². The summed E-state index contributed by atoms with van der Waals surface area (Å²) in [5.41, 5.74) is -0.103. The number of nitrogens with zero attached hydrogens (tertiary/aromatic N) is 2. The second kappa shape index (κ2) is 4.72. The number of likely N-dealkylation sites (tertiary alicyclic amines) is 1. The smallest absolute Gasteiger partial charge is 0.320 e. The Morgan fingerprint density at radius 1 is 1.44 bits per heavy atom. The number of hydrogen-bond acceptors (Lipinski definition) is 2. The van der Waals surface area contributed by atoms with Gasteiger partial charge in [0.1, 0.15) is 0 Å². The summed E-state index contributed by atoms with van der Waals surface area (Å²) in [4.78, 5) is 25.8. The van der Waals surface area contributed by atoms with Crippen molar-refractivity contribution in [3.8, 4) is 0 Å². The molecule has 0 radical (unpaired) electrons. The van der Waals surface area contributed by atoms with Crippen molar-refractivity contribution in [3.63, 3.8) is 0 Å². The largest absolute Gasteiger partial charge is 0.481 e. The quantitative estimate of drug-likeness (QED) is 0.794. The second-order valence-electron chi connectivity index (χ2n) is 4.92. The van der Waals surface area contributed by atoms with E-state index in [1.165, 1.54) is 4.90 Å². The molecule has 1 saturated heterocycles. The van der Waals surface area contributed by atoms with Crippen LogP contribution in [-0.2, 0) is 4.79 Å². The lowest BCUT2D eigenvalue weighted by Crippen LogP contribution is -2.48. The van der Waals surface area contributed by atoms with Gasteiger partial charge in [-0.2, -0.15) is 0 Å². The molecule has 0 aromatic carbocycles. The van der Waals surface area contributed by atoms with Crippen LogP contribution >= 0.6 is 0 Å².